The van der Waals surface area contributed by atoms with Crippen molar-refractivity contribution in [2.75, 3.05) is 11.9 Å². The Bertz CT molecular complexity index is 555. The van der Waals surface area contributed by atoms with Gasteiger partial charge in [0.05, 0.1) is 0 Å². The molecule has 0 spiro atoms. The predicted molar refractivity (Wildman–Crippen MR) is 68.8 cm³/mol. The number of hydrogen-bond acceptors (Lipinski definition) is 2. The van der Waals surface area contributed by atoms with Crippen LogP contribution in [0.4, 0.5) is 20.2 Å². The highest BCUT2D eigenvalue weighted by molar-refractivity contribution is 5.65. The first-order valence-corrected chi connectivity index (χ1v) is 5.59. The summed E-state index contributed by atoms with van der Waals surface area (Å²) < 4.78 is 26.3. The maximum absolute atomic E-state index is 13.2. The van der Waals surface area contributed by atoms with Crippen LogP contribution < -0.4 is 10.6 Å². The van der Waals surface area contributed by atoms with E-state index in [0.29, 0.717) is 11.3 Å². The largest absolute Gasteiger partial charge is 0.344 e. The van der Waals surface area contributed by atoms with Crippen LogP contribution in [0, 0.1) is 11.6 Å². The van der Waals surface area contributed by atoms with E-state index in [4.69, 9.17) is 5.73 Å². The molecule has 2 aromatic carbocycles. The van der Waals surface area contributed by atoms with Gasteiger partial charge >= 0.3 is 0 Å². The van der Waals surface area contributed by atoms with Gasteiger partial charge in [0.1, 0.15) is 11.6 Å². The van der Waals surface area contributed by atoms with Crippen LogP contribution in [0.2, 0.25) is 0 Å². The lowest BCUT2D eigenvalue weighted by molar-refractivity contribution is 0.624. The molecule has 0 heterocycles. The van der Waals surface area contributed by atoms with Gasteiger partial charge in [-0.3, -0.25) is 0 Å². The quantitative estimate of drug-likeness (QED) is 0.903. The van der Waals surface area contributed by atoms with Gasteiger partial charge in [0.25, 0.3) is 0 Å². The highest BCUT2D eigenvalue weighted by atomic mass is 19.1. The maximum Gasteiger partial charge on any atom is 0.125 e. The molecule has 0 bridgehead atoms. The van der Waals surface area contributed by atoms with Gasteiger partial charge in [0.2, 0.25) is 0 Å². The van der Waals surface area contributed by atoms with E-state index in [-0.39, 0.29) is 18.2 Å². The molecule has 4 heteroatoms. The minimum atomic E-state index is -0.327. The zero-order valence-corrected chi connectivity index (χ0v) is 10.0. The van der Waals surface area contributed by atoms with Crippen molar-refractivity contribution in [3.05, 3.63) is 59.7 Å². The third-order valence-corrected chi connectivity index (χ3v) is 2.82. The van der Waals surface area contributed by atoms with E-state index in [2.05, 4.69) is 0 Å². The fourth-order valence-electron chi connectivity index (χ4n) is 1.87. The Kier molecular flexibility index (Phi) is 3.58. The van der Waals surface area contributed by atoms with Crippen molar-refractivity contribution in [2.24, 2.45) is 5.73 Å². The lowest BCUT2D eigenvalue weighted by Gasteiger charge is -2.22. The molecule has 0 amide bonds. The summed E-state index contributed by atoms with van der Waals surface area (Å²) in [6.45, 7) is 0.229. The van der Waals surface area contributed by atoms with Crippen LogP contribution in [0.15, 0.2) is 42.5 Å². The Morgan fingerprint density at radius 3 is 2.44 bits per heavy atom. The van der Waals surface area contributed by atoms with E-state index in [1.54, 1.807) is 30.1 Å². The van der Waals surface area contributed by atoms with E-state index in [1.165, 1.54) is 24.3 Å². The molecule has 0 unspecified atom stereocenters. The normalized spacial score (nSPS) is 10.4. The number of hydrogen-bond donors (Lipinski definition) is 1. The van der Waals surface area contributed by atoms with Crippen LogP contribution in [-0.4, -0.2) is 7.05 Å². The lowest BCUT2D eigenvalue weighted by Crippen LogP contribution is -2.13. The standard InChI is InChI=1S/C14H14F2N2/c1-18(13-4-2-3-11(15)8-13)14-6-5-12(16)7-10(14)9-17/h2-8H,9,17H2,1H3. The molecule has 0 aliphatic heterocycles. The first kappa shape index (κ1) is 12.5. The number of rotatable bonds is 3. The number of nitrogens with zero attached hydrogens (tertiary/aromatic N) is 1. The molecule has 0 saturated carbocycles. The van der Waals surface area contributed by atoms with Gasteiger partial charge in [-0.2, -0.15) is 0 Å². The van der Waals surface area contributed by atoms with Gasteiger partial charge in [-0.05, 0) is 42.0 Å². The minimum Gasteiger partial charge on any atom is -0.344 e. The Labute approximate surface area is 105 Å². The molecule has 2 nitrogen and oxygen atoms in total. The van der Waals surface area contributed by atoms with Crippen LogP contribution in [0.3, 0.4) is 0 Å². The summed E-state index contributed by atoms with van der Waals surface area (Å²) in [4.78, 5) is 1.78. The van der Waals surface area contributed by atoms with Crippen LogP contribution in [0.25, 0.3) is 0 Å². The van der Waals surface area contributed by atoms with E-state index in [1.807, 2.05) is 0 Å². The second kappa shape index (κ2) is 5.14. The van der Waals surface area contributed by atoms with E-state index in [0.717, 1.165) is 5.69 Å². The summed E-state index contributed by atoms with van der Waals surface area (Å²) in [5.74, 6) is -0.636. The highest BCUT2D eigenvalue weighted by Gasteiger charge is 2.10. The van der Waals surface area contributed by atoms with Crippen molar-refractivity contribution >= 4 is 11.4 Å². The first-order chi connectivity index (χ1) is 8.61. The number of benzene rings is 2. The van der Waals surface area contributed by atoms with Crippen molar-refractivity contribution < 1.29 is 8.78 Å². The summed E-state index contributed by atoms with van der Waals surface area (Å²) >= 11 is 0. The topological polar surface area (TPSA) is 29.3 Å². The zero-order valence-electron chi connectivity index (χ0n) is 10.0. The average molecular weight is 248 g/mol. The van der Waals surface area contributed by atoms with Crippen molar-refractivity contribution in [2.45, 2.75) is 6.54 Å². The first-order valence-electron chi connectivity index (χ1n) is 5.59. The molecule has 0 aromatic heterocycles. The monoisotopic (exact) mass is 248 g/mol. The Hall–Kier alpha value is -1.94. The summed E-state index contributed by atoms with van der Waals surface area (Å²) in [7, 11) is 1.79. The molecule has 0 atom stereocenters. The van der Waals surface area contributed by atoms with Gasteiger partial charge in [-0.1, -0.05) is 6.07 Å². The molecule has 94 valence electrons. The Morgan fingerprint density at radius 2 is 1.78 bits per heavy atom. The summed E-state index contributed by atoms with van der Waals surface area (Å²) in [5.41, 5.74) is 7.74. The molecular weight excluding hydrogens is 234 g/mol. The second-order valence-electron chi connectivity index (χ2n) is 4.02. The molecule has 0 fully saturated rings. The number of halogens is 2. The van der Waals surface area contributed by atoms with Crippen molar-refractivity contribution in [3.8, 4) is 0 Å². The molecular formula is C14H14F2N2. The smallest absolute Gasteiger partial charge is 0.125 e. The predicted octanol–water partition coefficient (Wildman–Crippen LogP) is 3.19. The van der Waals surface area contributed by atoms with Crippen LogP contribution >= 0.6 is 0 Å². The minimum absolute atomic E-state index is 0.229. The Morgan fingerprint density at radius 1 is 1.06 bits per heavy atom. The Balaban J connectivity index is 2.42. The van der Waals surface area contributed by atoms with Gasteiger partial charge in [0.15, 0.2) is 0 Å². The number of nitrogens with two attached hydrogens (primary N) is 1. The third kappa shape index (κ3) is 2.49. The van der Waals surface area contributed by atoms with Crippen molar-refractivity contribution in [3.63, 3.8) is 0 Å². The lowest BCUT2D eigenvalue weighted by atomic mass is 10.1. The van der Waals surface area contributed by atoms with Gasteiger partial charge in [0, 0.05) is 25.0 Å². The van der Waals surface area contributed by atoms with Gasteiger partial charge in [-0.25, -0.2) is 8.78 Å². The second-order valence-corrected chi connectivity index (χ2v) is 4.02. The summed E-state index contributed by atoms with van der Waals surface area (Å²) in [5, 5.41) is 0. The molecule has 0 saturated heterocycles. The van der Waals surface area contributed by atoms with Crippen LogP contribution in [-0.2, 0) is 6.54 Å². The van der Waals surface area contributed by atoms with Crippen LogP contribution in [0.5, 0.6) is 0 Å². The molecule has 18 heavy (non-hydrogen) atoms. The zero-order chi connectivity index (χ0) is 13.1. The van der Waals surface area contributed by atoms with E-state index >= 15 is 0 Å². The summed E-state index contributed by atoms with van der Waals surface area (Å²) in [6, 6.07) is 10.6. The molecule has 2 N–H and O–H groups in total. The van der Waals surface area contributed by atoms with E-state index in [9.17, 15) is 8.78 Å². The maximum atomic E-state index is 13.2. The van der Waals surface area contributed by atoms with Crippen molar-refractivity contribution in [1.29, 1.82) is 0 Å². The summed E-state index contributed by atoms with van der Waals surface area (Å²) in [6.07, 6.45) is 0. The number of anilines is 2. The molecule has 2 aromatic rings. The SMILES string of the molecule is CN(c1cccc(F)c1)c1ccc(F)cc1CN. The molecule has 0 aliphatic rings. The molecule has 0 radical (unpaired) electrons. The third-order valence-electron chi connectivity index (χ3n) is 2.82. The van der Waals surface area contributed by atoms with Gasteiger partial charge in [-0.15, -0.1) is 0 Å². The van der Waals surface area contributed by atoms with E-state index < -0.39 is 0 Å². The van der Waals surface area contributed by atoms with Gasteiger partial charge < -0.3 is 10.6 Å². The van der Waals surface area contributed by atoms with Crippen LogP contribution in [0.1, 0.15) is 5.56 Å². The van der Waals surface area contributed by atoms with Crippen molar-refractivity contribution in [1.82, 2.24) is 0 Å². The highest BCUT2D eigenvalue weighted by Crippen LogP contribution is 2.27. The molecule has 2 rings (SSSR count). The molecule has 0 aliphatic carbocycles. The average Bonchev–Trinajstić information content (AvgIpc) is 2.37. The fraction of sp³-hybridized carbons (Fsp3) is 0.143. The fourth-order valence-corrected chi connectivity index (χ4v) is 1.87.